The quantitative estimate of drug-likeness (QED) is 0.497. The Balaban J connectivity index is 0.000000633. The molecule has 13 heteroatoms. The monoisotopic (exact) mass is 476 g/mol. The summed E-state index contributed by atoms with van der Waals surface area (Å²) in [4.78, 5) is 28.7. The highest BCUT2D eigenvalue weighted by Gasteiger charge is 2.28. The fourth-order valence-corrected chi connectivity index (χ4v) is 2.48. The smallest absolute Gasteiger partial charge is 0.430 e. The van der Waals surface area contributed by atoms with Crippen molar-refractivity contribution in [3.8, 4) is 0 Å². The maximum absolute atomic E-state index is 12.2. The molecule has 1 aromatic heterocycles. The van der Waals surface area contributed by atoms with Crippen LogP contribution >= 0.6 is 11.6 Å². The Bertz CT molecular complexity index is 927. The van der Waals surface area contributed by atoms with E-state index in [9.17, 15) is 18.0 Å². The number of rotatable bonds is 7. The Morgan fingerprint density at radius 2 is 1.66 bits per heavy atom. The van der Waals surface area contributed by atoms with Gasteiger partial charge in [0.1, 0.15) is 5.97 Å². The highest BCUT2D eigenvalue weighted by Crippen LogP contribution is 2.17. The molecular weight excluding hydrogens is 453 g/mol. The molecule has 176 valence electrons. The first-order valence-corrected chi connectivity index (χ1v) is 9.61. The van der Waals surface area contributed by atoms with Gasteiger partial charge >= 0.3 is 6.18 Å². The van der Waals surface area contributed by atoms with Crippen LogP contribution in [0.2, 0.25) is 5.15 Å². The number of carbonyl (C=O) groups excluding carboxylic acids is 2. The van der Waals surface area contributed by atoms with Crippen LogP contribution in [-0.2, 0) is 11.2 Å². The number of nitrogens with zero attached hydrogens (tertiary/aromatic N) is 3. The first-order valence-electron chi connectivity index (χ1n) is 9.23. The summed E-state index contributed by atoms with van der Waals surface area (Å²) in [5.74, 6) is -3.44. The number of amides is 1. The SMILES string of the molecule is C[N+](C)(CCNC(=O)c1nc(Cl)c(N)nc1N)CCc1ccccc1.O=C([O-])C(F)(F)F. The lowest BCUT2D eigenvalue weighted by Crippen LogP contribution is -2.46. The van der Waals surface area contributed by atoms with Crippen LogP contribution in [0.3, 0.4) is 0 Å². The van der Waals surface area contributed by atoms with Crippen LogP contribution in [0.4, 0.5) is 24.8 Å². The summed E-state index contributed by atoms with van der Waals surface area (Å²) in [6.45, 7) is 2.23. The lowest BCUT2D eigenvalue weighted by atomic mass is 10.1. The van der Waals surface area contributed by atoms with Crippen molar-refractivity contribution in [1.29, 1.82) is 0 Å². The number of anilines is 2. The van der Waals surface area contributed by atoms with E-state index < -0.39 is 18.1 Å². The molecule has 0 aliphatic rings. The Morgan fingerprint density at radius 1 is 1.09 bits per heavy atom. The summed E-state index contributed by atoms with van der Waals surface area (Å²) in [6.07, 6.45) is -4.21. The first kappa shape index (κ1) is 26.9. The van der Waals surface area contributed by atoms with Gasteiger partial charge in [0.05, 0.1) is 33.7 Å². The third kappa shape index (κ3) is 9.35. The van der Waals surface area contributed by atoms with Crippen LogP contribution in [0.5, 0.6) is 0 Å². The average molecular weight is 477 g/mol. The van der Waals surface area contributed by atoms with E-state index >= 15 is 0 Å². The normalized spacial score (nSPS) is 11.3. The molecule has 2 aromatic rings. The predicted molar refractivity (Wildman–Crippen MR) is 111 cm³/mol. The molecule has 0 saturated heterocycles. The number of quaternary nitrogens is 1. The lowest BCUT2D eigenvalue weighted by Gasteiger charge is -2.30. The molecule has 0 radical (unpaired) electrons. The zero-order chi connectivity index (χ0) is 24.5. The largest absolute Gasteiger partial charge is 0.542 e. The van der Waals surface area contributed by atoms with Gasteiger partial charge < -0.3 is 31.2 Å². The average Bonchev–Trinajstić information content (AvgIpc) is 2.69. The first-order chi connectivity index (χ1) is 14.7. The summed E-state index contributed by atoms with van der Waals surface area (Å²) in [5.41, 5.74) is 12.5. The van der Waals surface area contributed by atoms with E-state index in [1.54, 1.807) is 0 Å². The Labute approximate surface area is 187 Å². The molecular formula is C19H24ClF3N6O3. The number of nitrogen functional groups attached to an aromatic ring is 2. The van der Waals surface area contributed by atoms with Crippen molar-refractivity contribution in [2.75, 3.05) is 45.2 Å². The van der Waals surface area contributed by atoms with Gasteiger partial charge in [0.25, 0.3) is 5.91 Å². The maximum Gasteiger partial charge on any atom is 0.430 e. The molecule has 5 N–H and O–H groups in total. The van der Waals surface area contributed by atoms with Crippen LogP contribution in [0, 0.1) is 0 Å². The third-order valence-corrected chi connectivity index (χ3v) is 4.48. The number of hydrogen-bond acceptors (Lipinski definition) is 7. The molecule has 0 saturated carbocycles. The standard InChI is InChI=1S/C17H23ClN6O.C2HF3O2/c1-24(2,10-8-12-6-4-3-5-7-12)11-9-21-17(25)13-15(19)23-16(20)14(18)22-13;3-2(4,5)1(6)7/h3-7H,8-11H2,1-2H3,(H4-,19,20,21,23,25);(H,6,7). The van der Waals surface area contributed by atoms with Crippen molar-refractivity contribution in [3.05, 3.63) is 46.7 Å². The molecule has 0 aliphatic carbocycles. The zero-order valence-corrected chi connectivity index (χ0v) is 18.2. The second kappa shape index (κ2) is 11.5. The zero-order valence-electron chi connectivity index (χ0n) is 17.4. The van der Waals surface area contributed by atoms with Crippen molar-refractivity contribution >= 4 is 35.1 Å². The summed E-state index contributed by atoms with van der Waals surface area (Å²) in [6, 6.07) is 10.3. The molecule has 0 unspecified atom stereocenters. The second-order valence-corrected chi connectivity index (χ2v) is 7.65. The van der Waals surface area contributed by atoms with Gasteiger partial charge in [0.15, 0.2) is 22.5 Å². The number of aromatic nitrogens is 2. The molecule has 9 nitrogen and oxygen atoms in total. The van der Waals surface area contributed by atoms with Gasteiger partial charge in [0.2, 0.25) is 0 Å². The number of carboxylic acids is 1. The molecule has 1 heterocycles. The fourth-order valence-electron chi connectivity index (χ4n) is 2.35. The summed E-state index contributed by atoms with van der Waals surface area (Å²) >= 11 is 5.80. The number of alkyl halides is 3. The Hall–Kier alpha value is -3.12. The molecule has 2 rings (SSSR count). The van der Waals surface area contributed by atoms with E-state index in [0.29, 0.717) is 6.54 Å². The van der Waals surface area contributed by atoms with E-state index in [-0.39, 0.29) is 22.5 Å². The van der Waals surface area contributed by atoms with Gasteiger partial charge in [-0.15, -0.1) is 0 Å². The highest BCUT2D eigenvalue weighted by atomic mass is 35.5. The summed E-state index contributed by atoms with van der Waals surface area (Å²) in [5, 5.41) is 11.6. The minimum absolute atomic E-state index is 0.00575. The molecule has 1 aromatic carbocycles. The molecule has 0 fully saturated rings. The maximum atomic E-state index is 12.2. The minimum atomic E-state index is -5.19. The molecule has 0 spiro atoms. The second-order valence-electron chi connectivity index (χ2n) is 7.29. The Morgan fingerprint density at radius 3 is 2.19 bits per heavy atom. The number of benzene rings is 1. The number of nitrogens with two attached hydrogens (primary N) is 2. The third-order valence-electron chi connectivity index (χ3n) is 4.20. The highest BCUT2D eigenvalue weighted by molar-refractivity contribution is 6.31. The number of carboxylic acid groups (broad SMARTS) is 1. The Kier molecular flexibility index (Phi) is 9.66. The molecule has 0 bridgehead atoms. The minimum Gasteiger partial charge on any atom is -0.542 e. The van der Waals surface area contributed by atoms with Gasteiger partial charge in [-0.1, -0.05) is 41.9 Å². The summed E-state index contributed by atoms with van der Waals surface area (Å²) in [7, 11) is 4.26. The van der Waals surface area contributed by atoms with Crippen molar-refractivity contribution in [2.45, 2.75) is 12.6 Å². The number of carbonyl (C=O) groups is 2. The van der Waals surface area contributed by atoms with Gasteiger partial charge in [0, 0.05) is 6.42 Å². The molecule has 1 amide bonds. The topological polar surface area (TPSA) is 147 Å². The van der Waals surface area contributed by atoms with Gasteiger partial charge in [-0.05, 0) is 5.56 Å². The molecule has 0 atom stereocenters. The van der Waals surface area contributed by atoms with Crippen LogP contribution < -0.4 is 21.9 Å². The van der Waals surface area contributed by atoms with E-state index in [1.165, 1.54) is 5.56 Å². The van der Waals surface area contributed by atoms with Crippen LogP contribution in [-0.4, -0.2) is 66.2 Å². The van der Waals surface area contributed by atoms with Crippen LogP contribution in [0.1, 0.15) is 16.1 Å². The van der Waals surface area contributed by atoms with Gasteiger partial charge in [-0.2, -0.15) is 13.2 Å². The molecule has 32 heavy (non-hydrogen) atoms. The lowest BCUT2D eigenvalue weighted by molar-refractivity contribution is -0.888. The van der Waals surface area contributed by atoms with Crippen molar-refractivity contribution in [3.63, 3.8) is 0 Å². The predicted octanol–water partition coefficient (Wildman–Crippen LogP) is 0.642. The van der Waals surface area contributed by atoms with Crippen LogP contribution in [0.15, 0.2) is 30.3 Å². The number of nitrogens with one attached hydrogen (secondary N) is 1. The number of hydrogen-bond donors (Lipinski definition) is 3. The van der Waals surface area contributed by atoms with E-state index in [2.05, 4.69) is 41.5 Å². The number of likely N-dealkylation sites (N-methyl/N-ethyl adjacent to an activating group) is 1. The van der Waals surface area contributed by atoms with E-state index in [1.807, 2.05) is 18.2 Å². The van der Waals surface area contributed by atoms with E-state index in [0.717, 1.165) is 24.0 Å². The van der Waals surface area contributed by atoms with Crippen molar-refractivity contribution in [1.82, 2.24) is 15.3 Å². The van der Waals surface area contributed by atoms with Gasteiger partial charge in [-0.25, -0.2) is 9.97 Å². The van der Waals surface area contributed by atoms with Gasteiger partial charge in [-0.3, -0.25) is 4.79 Å². The van der Waals surface area contributed by atoms with Crippen molar-refractivity contribution in [2.24, 2.45) is 0 Å². The summed E-state index contributed by atoms with van der Waals surface area (Å²) < 4.78 is 32.3. The number of halogens is 4. The number of aliphatic carboxylic acids is 1. The van der Waals surface area contributed by atoms with E-state index in [4.69, 9.17) is 33.0 Å². The molecule has 0 aliphatic heterocycles. The van der Waals surface area contributed by atoms with Crippen LogP contribution in [0.25, 0.3) is 0 Å². The van der Waals surface area contributed by atoms with Crippen molar-refractivity contribution < 1.29 is 32.3 Å². The fraction of sp³-hybridized carbons (Fsp3) is 0.368.